The van der Waals surface area contributed by atoms with Crippen LogP contribution in [0.5, 0.6) is 5.75 Å². The molecule has 0 spiro atoms. The van der Waals surface area contributed by atoms with Crippen LogP contribution in [0.3, 0.4) is 0 Å². The molecule has 0 aliphatic carbocycles. The molecule has 2 atom stereocenters. The third kappa shape index (κ3) is 6.72. The summed E-state index contributed by atoms with van der Waals surface area (Å²) < 4.78 is 25.4. The van der Waals surface area contributed by atoms with Crippen LogP contribution in [0, 0.1) is 11.7 Å². The van der Waals surface area contributed by atoms with Gasteiger partial charge in [0.05, 0.1) is 19.2 Å². The first kappa shape index (κ1) is 24.7. The summed E-state index contributed by atoms with van der Waals surface area (Å²) in [6, 6.07) is 1.96. The topological polar surface area (TPSA) is 100 Å². The van der Waals surface area contributed by atoms with E-state index in [1.807, 2.05) is 18.7 Å². The van der Waals surface area contributed by atoms with E-state index in [0.717, 1.165) is 0 Å². The number of nitrogens with one attached hydrogen (secondary N) is 2. The minimum absolute atomic E-state index is 0.0113. The largest absolute Gasteiger partial charge is 0.489 e. The van der Waals surface area contributed by atoms with Crippen LogP contribution in [0.25, 0.3) is 0 Å². The molecule has 0 saturated heterocycles. The van der Waals surface area contributed by atoms with Gasteiger partial charge in [0.15, 0.2) is 11.6 Å². The van der Waals surface area contributed by atoms with Crippen molar-refractivity contribution in [3.63, 3.8) is 0 Å². The lowest BCUT2D eigenvalue weighted by molar-refractivity contribution is -0.124. The van der Waals surface area contributed by atoms with Crippen molar-refractivity contribution >= 4 is 17.7 Å². The van der Waals surface area contributed by atoms with Crippen LogP contribution < -0.4 is 20.3 Å². The molecule has 3 N–H and O–H groups in total. The molecule has 2 rings (SSSR count). The molecule has 2 amide bonds. The molecule has 31 heavy (non-hydrogen) atoms. The van der Waals surface area contributed by atoms with Gasteiger partial charge in [-0.25, -0.2) is 9.18 Å². The molecule has 0 fully saturated rings. The van der Waals surface area contributed by atoms with Crippen LogP contribution in [0.15, 0.2) is 12.1 Å². The number of carbonyl (C=O) groups excluding carboxylic acids is 2. The third-order valence-electron chi connectivity index (χ3n) is 4.89. The van der Waals surface area contributed by atoms with Crippen LogP contribution in [-0.4, -0.2) is 61.6 Å². The number of rotatable bonds is 6. The van der Waals surface area contributed by atoms with Gasteiger partial charge < -0.3 is 30.1 Å². The van der Waals surface area contributed by atoms with Gasteiger partial charge >= 0.3 is 6.09 Å². The van der Waals surface area contributed by atoms with Gasteiger partial charge in [-0.3, -0.25) is 4.79 Å². The highest BCUT2D eigenvalue weighted by Gasteiger charge is 2.33. The van der Waals surface area contributed by atoms with E-state index in [1.54, 1.807) is 33.9 Å². The van der Waals surface area contributed by atoms with Crippen LogP contribution in [-0.2, 0) is 16.0 Å². The summed E-state index contributed by atoms with van der Waals surface area (Å²) in [7, 11) is 1.79. The molecule has 1 aliphatic rings. The lowest BCUT2D eigenvalue weighted by Gasteiger charge is -2.37. The van der Waals surface area contributed by atoms with Gasteiger partial charge in [0.25, 0.3) is 0 Å². The quantitative estimate of drug-likeness (QED) is 0.588. The summed E-state index contributed by atoms with van der Waals surface area (Å²) in [6.45, 7) is 9.10. The van der Waals surface area contributed by atoms with E-state index in [1.165, 1.54) is 6.07 Å². The molecule has 1 aliphatic heterocycles. The van der Waals surface area contributed by atoms with Gasteiger partial charge in [-0.15, -0.1) is 0 Å². The lowest BCUT2D eigenvalue weighted by Crippen LogP contribution is -2.54. The lowest BCUT2D eigenvalue weighted by atomic mass is 9.95. The van der Waals surface area contributed by atoms with E-state index in [2.05, 4.69) is 10.6 Å². The Morgan fingerprint density at radius 1 is 1.39 bits per heavy atom. The molecule has 0 bridgehead atoms. The Balaban J connectivity index is 2.18. The molecule has 0 saturated carbocycles. The minimum atomic E-state index is -0.608. The number of alkyl carbamates (subject to hydrolysis) is 1. The highest BCUT2D eigenvalue weighted by molar-refractivity contribution is 5.86. The number of anilines is 1. The van der Waals surface area contributed by atoms with Gasteiger partial charge in [0, 0.05) is 18.8 Å². The number of aliphatic hydroxyl groups excluding tert-OH is 1. The summed E-state index contributed by atoms with van der Waals surface area (Å²) in [5, 5.41) is 15.0. The minimum Gasteiger partial charge on any atom is -0.489 e. The predicted molar refractivity (Wildman–Crippen MR) is 116 cm³/mol. The van der Waals surface area contributed by atoms with Crippen molar-refractivity contribution in [2.75, 3.05) is 31.7 Å². The molecule has 1 aromatic rings. The fraction of sp³-hybridized carbons (Fsp3) is 0.636. The summed E-state index contributed by atoms with van der Waals surface area (Å²) in [6.07, 6.45) is -0.278. The average molecular weight is 440 g/mol. The number of fused-ring (bicyclic) bond motifs is 1. The Morgan fingerprint density at radius 2 is 2.06 bits per heavy atom. The van der Waals surface area contributed by atoms with Gasteiger partial charge in [0.1, 0.15) is 18.2 Å². The Bertz CT molecular complexity index is 794. The van der Waals surface area contributed by atoms with E-state index in [0.29, 0.717) is 17.7 Å². The normalized spacial score (nSPS) is 19.3. The van der Waals surface area contributed by atoms with E-state index in [4.69, 9.17) is 9.47 Å². The van der Waals surface area contributed by atoms with Crippen LogP contribution in [0.2, 0.25) is 0 Å². The molecule has 1 heterocycles. The Labute approximate surface area is 183 Å². The highest BCUT2D eigenvalue weighted by atomic mass is 19.1. The maximum Gasteiger partial charge on any atom is 0.407 e. The second-order valence-electron chi connectivity index (χ2n) is 9.08. The summed E-state index contributed by atoms with van der Waals surface area (Å²) in [4.78, 5) is 26.2. The molecule has 0 unspecified atom stereocenters. The SMILES string of the molecule is CC(C)[C@H]1C(=O)N[C@H](CO)Cc2cc(F)c(OCCNC(=O)OC(C)(C)C)cc2N1C. The zero-order chi connectivity index (χ0) is 23.3. The molecular formula is C22H34FN3O5. The smallest absolute Gasteiger partial charge is 0.407 e. The second kappa shape index (κ2) is 10.2. The molecule has 0 radical (unpaired) electrons. The molecular weight excluding hydrogens is 405 g/mol. The van der Waals surface area contributed by atoms with Crippen molar-refractivity contribution in [3.8, 4) is 5.75 Å². The molecule has 9 heteroatoms. The number of ether oxygens (including phenoxy) is 2. The van der Waals surface area contributed by atoms with Crippen molar-refractivity contribution in [1.29, 1.82) is 0 Å². The summed E-state index contributed by atoms with van der Waals surface area (Å²) >= 11 is 0. The summed E-state index contributed by atoms with van der Waals surface area (Å²) in [5.41, 5.74) is 0.732. The number of nitrogens with zero attached hydrogens (tertiary/aromatic N) is 1. The van der Waals surface area contributed by atoms with Crippen molar-refractivity contribution < 1.29 is 28.6 Å². The van der Waals surface area contributed by atoms with Gasteiger partial charge in [0.2, 0.25) is 5.91 Å². The second-order valence-corrected chi connectivity index (χ2v) is 9.08. The number of hydrogen-bond donors (Lipinski definition) is 3. The third-order valence-corrected chi connectivity index (χ3v) is 4.89. The standard InChI is InChI=1S/C22H34FN3O5/c1-13(2)19-20(28)25-15(12-27)9-14-10-16(23)18(11-17(14)26(19)6)30-8-7-24-21(29)31-22(3,4)5/h10-11,13,15,19,27H,7-9,12H2,1-6H3,(H,24,29)(H,25,28)/t15-,19-/m0/s1. The van der Waals surface area contributed by atoms with Crippen molar-refractivity contribution in [2.45, 2.75) is 58.7 Å². The first-order valence-corrected chi connectivity index (χ1v) is 10.5. The fourth-order valence-corrected chi connectivity index (χ4v) is 3.60. The average Bonchev–Trinajstić information content (AvgIpc) is 2.63. The fourth-order valence-electron chi connectivity index (χ4n) is 3.60. The number of halogens is 1. The number of hydrogen-bond acceptors (Lipinski definition) is 6. The maximum atomic E-state index is 14.7. The Kier molecular flexibility index (Phi) is 8.11. The molecule has 8 nitrogen and oxygen atoms in total. The molecule has 0 aromatic heterocycles. The number of amides is 2. The predicted octanol–water partition coefficient (Wildman–Crippen LogP) is 2.22. The zero-order valence-electron chi connectivity index (χ0n) is 19.1. The number of likely N-dealkylation sites (N-methyl/N-ethyl adjacent to an activating group) is 1. The Morgan fingerprint density at radius 3 is 2.65 bits per heavy atom. The number of benzene rings is 1. The maximum absolute atomic E-state index is 14.7. The number of carbonyl (C=O) groups is 2. The first-order chi connectivity index (χ1) is 14.4. The van der Waals surface area contributed by atoms with E-state index in [-0.39, 0.29) is 37.3 Å². The zero-order valence-corrected chi connectivity index (χ0v) is 19.1. The van der Waals surface area contributed by atoms with Crippen molar-refractivity contribution in [3.05, 3.63) is 23.5 Å². The van der Waals surface area contributed by atoms with Gasteiger partial charge in [-0.05, 0) is 44.7 Å². The van der Waals surface area contributed by atoms with Crippen molar-refractivity contribution in [2.24, 2.45) is 5.92 Å². The monoisotopic (exact) mass is 439 g/mol. The highest BCUT2D eigenvalue weighted by Crippen LogP contribution is 2.33. The van der Waals surface area contributed by atoms with E-state index >= 15 is 0 Å². The van der Waals surface area contributed by atoms with Crippen LogP contribution >= 0.6 is 0 Å². The Hall–Kier alpha value is -2.55. The van der Waals surface area contributed by atoms with E-state index in [9.17, 15) is 19.1 Å². The van der Waals surface area contributed by atoms with Crippen LogP contribution in [0.1, 0.15) is 40.2 Å². The molecule has 174 valence electrons. The molecule has 1 aromatic carbocycles. The van der Waals surface area contributed by atoms with Crippen molar-refractivity contribution in [1.82, 2.24) is 10.6 Å². The van der Waals surface area contributed by atoms with Gasteiger partial charge in [-0.1, -0.05) is 13.8 Å². The first-order valence-electron chi connectivity index (χ1n) is 10.5. The van der Waals surface area contributed by atoms with Gasteiger partial charge in [-0.2, -0.15) is 0 Å². The number of aliphatic hydroxyl groups is 1. The van der Waals surface area contributed by atoms with Crippen LogP contribution in [0.4, 0.5) is 14.9 Å². The summed E-state index contributed by atoms with van der Waals surface area (Å²) in [5.74, 6) is -0.715. The van der Waals surface area contributed by atoms with E-state index < -0.39 is 29.6 Å².